The number of ether oxygens (including phenoxy) is 1. The summed E-state index contributed by atoms with van der Waals surface area (Å²) < 4.78 is 5.77. The zero-order valence-corrected chi connectivity index (χ0v) is 17.0. The molecule has 0 bridgehead atoms. The van der Waals surface area contributed by atoms with Crippen molar-refractivity contribution >= 4 is 17.5 Å². The minimum atomic E-state index is -0.359. The number of benzene rings is 1. The second-order valence-corrected chi connectivity index (χ2v) is 8.67. The zero-order valence-electron chi connectivity index (χ0n) is 16.3. The summed E-state index contributed by atoms with van der Waals surface area (Å²) >= 11 is 5.88. The monoisotopic (exact) mass is 393 g/mol. The molecule has 1 aliphatic carbocycles. The minimum absolute atomic E-state index is 0.0444. The number of halogens is 1. The average molecular weight is 394 g/mol. The number of nitrogens with one attached hydrogen (secondary N) is 1. The van der Waals surface area contributed by atoms with Crippen molar-refractivity contribution in [3.05, 3.63) is 29.3 Å². The van der Waals surface area contributed by atoms with Crippen LogP contribution in [0.5, 0.6) is 5.75 Å². The molecule has 1 heterocycles. The maximum Gasteiger partial charge on any atom is 0.225 e. The first-order valence-electron chi connectivity index (χ1n) is 10.1. The maximum absolute atomic E-state index is 12.7. The van der Waals surface area contributed by atoms with Gasteiger partial charge in [0.1, 0.15) is 12.4 Å². The van der Waals surface area contributed by atoms with Crippen molar-refractivity contribution < 1.29 is 9.53 Å². The lowest BCUT2D eigenvalue weighted by Crippen LogP contribution is -2.55. The Morgan fingerprint density at radius 2 is 1.96 bits per heavy atom. The van der Waals surface area contributed by atoms with Crippen LogP contribution in [-0.2, 0) is 4.79 Å². The van der Waals surface area contributed by atoms with Crippen LogP contribution in [0.4, 0.5) is 0 Å². The van der Waals surface area contributed by atoms with E-state index < -0.39 is 0 Å². The highest BCUT2D eigenvalue weighted by Crippen LogP contribution is 2.32. The van der Waals surface area contributed by atoms with Crippen LogP contribution < -0.4 is 15.8 Å². The van der Waals surface area contributed by atoms with E-state index >= 15 is 0 Å². The van der Waals surface area contributed by atoms with Crippen molar-refractivity contribution in [1.82, 2.24) is 10.2 Å². The maximum atomic E-state index is 12.7. The van der Waals surface area contributed by atoms with Gasteiger partial charge >= 0.3 is 0 Å². The van der Waals surface area contributed by atoms with Crippen LogP contribution in [0.2, 0.25) is 5.02 Å². The Balaban J connectivity index is 1.36. The third kappa shape index (κ3) is 5.84. The zero-order chi connectivity index (χ0) is 19.3. The molecule has 2 atom stereocenters. The summed E-state index contributed by atoms with van der Waals surface area (Å²) in [5.41, 5.74) is 6.01. The fraction of sp³-hybridized carbons (Fsp3) is 0.667. The van der Waals surface area contributed by atoms with Gasteiger partial charge in [0.15, 0.2) is 0 Å². The summed E-state index contributed by atoms with van der Waals surface area (Å²) in [5, 5.41) is 3.98. The molecule has 1 aromatic rings. The number of hydrogen-bond acceptors (Lipinski definition) is 4. The molecule has 5 nitrogen and oxygen atoms in total. The van der Waals surface area contributed by atoms with Crippen molar-refractivity contribution in [3.63, 3.8) is 0 Å². The second kappa shape index (κ2) is 9.26. The lowest BCUT2D eigenvalue weighted by Gasteiger charge is -2.39. The molecule has 2 fully saturated rings. The molecule has 2 unspecified atom stereocenters. The number of piperidine rings is 1. The van der Waals surface area contributed by atoms with Gasteiger partial charge < -0.3 is 15.8 Å². The molecule has 150 valence electrons. The van der Waals surface area contributed by atoms with E-state index in [2.05, 4.69) is 10.2 Å². The van der Waals surface area contributed by atoms with Crippen LogP contribution in [0.15, 0.2) is 24.3 Å². The largest absolute Gasteiger partial charge is 0.492 e. The number of hydrogen-bond donors (Lipinski definition) is 2. The van der Waals surface area contributed by atoms with Crippen LogP contribution in [0.25, 0.3) is 0 Å². The second-order valence-electron chi connectivity index (χ2n) is 8.23. The number of likely N-dealkylation sites (tertiary alicyclic amines) is 1. The van der Waals surface area contributed by atoms with Crippen molar-refractivity contribution in [2.24, 2.45) is 11.7 Å². The van der Waals surface area contributed by atoms with Crippen LogP contribution in [0.1, 0.15) is 45.4 Å². The molecule has 1 saturated carbocycles. The Morgan fingerprint density at radius 1 is 1.26 bits per heavy atom. The third-order valence-electron chi connectivity index (χ3n) is 5.99. The van der Waals surface area contributed by atoms with E-state index in [4.69, 9.17) is 22.1 Å². The van der Waals surface area contributed by atoms with Gasteiger partial charge in [0.05, 0.1) is 5.92 Å². The topological polar surface area (TPSA) is 67.6 Å². The van der Waals surface area contributed by atoms with Crippen LogP contribution >= 0.6 is 11.6 Å². The molecular weight excluding hydrogens is 362 g/mol. The lowest BCUT2D eigenvalue weighted by molar-refractivity contribution is -0.129. The molecule has 27 heavy (non-hydrogen) atoms. The van der Waals surface area contributed by atoms with Crippen LogP contribution in [0.3, 0.4) is 0 Å². The summed E-state index contributed by atoms with van der Waals surface area (Å²) in [7, 11) is 0. The summed E-state index contributed by atoms with van der Waals surface area (Å²) in [6.07, 6.45) is 6.07. The summed E-state index contributed by atoms with van der Waals surface area (Å²) in [6.45, 7) is 5.55. The lowest BCUT2D eigenvalue weighted by atomic mass is 9.74. The van der Waals surface area contributed by atoms with Gasteiger partial charge in [-0.25, -0.2) is 0 Å². The molecule has 1 amide bonds. The van der Waals surface area contributed by atoms with E-state index in [-0.39, 0.29) is 23.4 Å². The number of carbonyl (C=O) groups is 1. The standard InChI is InChI=1S/C21H32ClN3O2/c1-21(23)11-3-2-4-19(21)20(26)24-17-9-12-25(13-10-17)14-15-27-18-7-5-16(22)6-8-18/h5-8,17,19H,2-4,9-15,23H2,1H3,(H,24,26). The van der Waals surface area contributed by atoms with Gasteiger partial charge in [0.25, 0.3) is 0 Å². The van der Waals surface area contributed by atoms with Gasteiger partial charge in [0.2, 0.25) is 5.91 Å². The number of carbonyl (C=O) groups excluding carboxylic acids is 1. The first kappa shape index (κ1) is 20.4. The summed E-state index contributed by atoms with van der Waals surface area (Å²) in [5.74, 6) is 0.958. The third-order valence-corrected chi connectivity index (χ3v) is 6.25. The molecule has 1 saturated heterocycles. The van der Waals surface area contributed by atoms with Gasteiger partial charge in [-0.1, -0.05) is 24.4 Å². The van der Waals surface area contributed by atoms with E-state index in [9.17, 15) is 4.79 Å². The number of nitrogens with zero attached hydrogens (tertiary/aromatic N) is 1. The quantitative estimate of drug-likeness (QED) is 0.778. The van der Waals surface area contributed by atoms with E-state index in [1.807, 2.05) is 31.2 Å². The van der Waals surface area contributed by atoms with Gasteiger partial charge in [-0.3, -0.25) is 9.69 Å². The Bertz CT molecular complexity index is 612. The van der Waals surface area contributed by atoms with Gasteiger partial charge in [-0.05, 0) is 56.9 Å². The van der Waals surface area contributed by atoms with Gasteiger partial charge in [-0.2, -0.15) is 0 Å². The molecule has 3 N–H and O–H groups in total. The van der Waals surface area contributed by atoms with Crippen molar-refractivity contribution in [1.29, 1.82) is 0 Å². The Hall–Kier alpha value is -1.30. The first-order chi connectivity index (χ1) is 12.9. The van der Waals surface area contributed by atoms with E-state index in [0.717, 1.165) is 68.9 Å². The minimum Gasteiger partial charge on any atom is -0.492 e. The molecule has 6 heteroatoms. The summed E-state index contributed by atoms with van der Waals surface area (Å²) in [6, 6.07) is 7.72. The van der Waals surface area contributed by atoms with Crippen LogP contribution in [0, 0.1) is 5.92 Å². The number of amides is 1. The highest BCUT2D eigenvalue weighted by atomic mass is 35.5. The predicted molar refractivity (Wildman–Crippen MR) is 109 cm³/mol. The van der Waals surface area contributed by atoms with Crippen molar-refractivity contribution in [2.45, 2.75) is 57.0 Å². The highest BCUT2D eigenvalue weighted by molar-refractivity contribution is 6.30. The molecule has 0 aromatic heterocycles. The van der Waals surface area contributed by atoms with E-state index in [0.29, 0.717) is 6.61 Å². The van der Waals surface area contributed by atoms with E-state index in [1.165, 1.54) is 0 Å². The van der Waals surface area contributed by atoms with Crippen LogP contribution in [-0.4, -0.2) is 48.6 Å². The SMILES string of the molecule is CC1(N)CCCCC1C(=O)NC1CCN(CCOc2ccc(Cl)cc2)CC1. The van der Waals surface area contributed by atoms with Crippen molar-refractivity contribution in [2.75, 3.05) is 26.2 Å². The van der Waals surface area contributed by atoms with Crippen molar-refractivity contribution in [3.8, 4) is 5.75 Å². The van der Waals surface area contributed by atoms with Gasteiger partial charge in [0, 0.05) is 36.2 Å². The molecular formula is C21H32ClN3O2. The normalized spacial score (nSPS) is 27.3. The Labute approximate surface area is 167 Å². The highest BCUT2D eigenvalue weighted by Gasteiger charge is 2.38. The fourth-order valence-electron chi connectivity index (χ4n) is 4.21. The van der Waals surface area contributed by atoms with Gasteiger partial charge in [-0.15, -0.1) is 0 Å². The Morgan fingerprint density at radius 3 is 2.63 bits per heavy atom. The molecule has 3 rings (SSSR count). The molecule has 0 spiro atoms. The Kier molecular flexibility index (Phi) is 7.01. The molecule has 0 radical (unpaired) electrons. The molecule has 1 aromatic carbocycles. The number of nitrogens with two attached hydrogens (primary N) is 1. The average Bonchev–Trinajstić information content (AvgIpc) is 2.64. The predicted octanol–water partition coefficient (Wildman–Crippen LogP) is 3.21. The molecule has 1 aliphatic heterocycles. The smallest absolute Gasteiger partial charge is 0.225 e. The van der Waals surface area contributed by atoms with E-state index in [1.54, 1.807) is 0 Å². The molecule has 2 aliphatic rings. The fourth-order valence-corrected chi connectivity index (χ4v) is 4.34. The number of rotatable bonds is 6. The first-order valence-corrected chi connectivity index (χ1v) is 10.5. The summed E-state index contributed by atoms with van der Waals surface area (Å²) in [4.78, 5) is 15.1.